The van der Waals surface area contributed by atoms with Crippen LogP contribution in [0, 0.1) is 11.8 Å². The van der Waals surface area contributed by atoms with Crippen LogP contribution >= 0.6 is 0 Å². The summed E-state index contributed by atoms with van der Waals surface area (Å²) >= 11 is 0. The first-order valence-corrected chi connectivity index (χ1v) is 9.09. The fraction of sp³-hybridized carbons (Fsp3) is 0.0833. The quantitative estimate of drug-likeness (QED) is 0.654. The molecule has 3 aromatic rings. The lowest BCUT2D eigenvalue weighted by molar-refractivity contribution is -0.130. The Labute approximate surface area is 168 Å². The standard InChI is InChI=1S/C24H17NO4/c26-23(27)13-12-16-6-5-7-17(14-16)25-24(28)29-15-22-20-10-3-1-8-18(20)19-9-2-4-11-21(19)22/h1-11,14,22H,15H2,(H,25,28)(H,26,27). The summed E-state index contributed by atoms with van der Waals surface area (Å²) in [6.45, 7) is 0.221. The van der Waals surface area contributed by atoms with E-state index in [0.29, 0.717) is 11.3 Å². The van der Waals surface area contributed by atoms with Gasteiger partial charge in [-0.05, 0) is 40.5 Å². The zero-order valence-corrected chi connectivity index (χ0v) is 15.4. The van der Waals surface area contributed by atoms with Gasteiger partial charge in [0.25, 0.3) is 0 Å². The maximum Gasteiger partial charge on any atom is 0.411 e. The Morgan fingerprint density at radius 2 is 1.59 bits per heavy atom. The molecule has 0 bridgehead atoms. The first-order valence-electron chi connectivity index (χ1n) is 9.09. The predicted octanol–water partition coefficient (Wildman–Crippen LogP) is 4.48. The number of anilines is 1. The third-order valence-electron chi connectivity index (χ3n) is 4.77. The van der Waals surface area contributed by atoms with Crippen molar-refractivity contribution in [3.05, 3.63) is 89.5 Å². The van der Waals surface area contributed by atoms with Crippen molar-refractivity contribution >= 4 is 17.7 Å². The van der Waals surface area contributed by atoms with E-state index in [0.717, 1.165) is 11.1 Å². The third-order valence-corrected chi connectivity index (χ3v) is 4.77. The number of aliphatic carboxylic acids is 1. The highest BCUT2D eigenvalue weighted by atomic mass is 16.5. The Hall–Kier alpha value is -4.04. The van der Waals surface area contributed by atoms with Gasteiger partial charge in [-0.2, -0.15) is 0 Å². The summed E-state index contributed by atoms with van der Waals surface area (Å²) in [5.41, 5.74) is 5.60. The van der Waals surface area contributed by atoms with Crippen LogP contribution in [-0.2, 0) is 9.53 Å². The van der Waals surface area contributed by atoms with Crippen molar-refractivity contribution in [2.24, 2.45) is 0 Å². The van der Waals surface area contributed by atoms with Crippen molar-refractivity contribution < 1.29 is 19.4 Å². The second-order valence-electron chi connectivity index (χ2n) is 6.59. The van der Waals surface area contributed by atoms with Gasteiger partial charge in [0, 0.05) is 23.1 Å². The van der Waals surface area contributed by atoms with E-state index in [9.17, 15) is 9.59 Å². The minimum Gasteiger partial charge on any atom is -0.472 e. The number of carboxylic acid groups (broad SMARTS) is 1. The van der Waals surface area contributed by atoms with Crippen LogP contribution in [0.3, 0.4) is 0 Å². The molecule has 0 atom stereocenters. The Kier molecular flexibility index (Phi) is 5.00. The molecule has 0 saturated carbocycles. The Balaban J connectivity index is 1.45. The highest BCUT2D eigenvalue weighted by Crippen LogP contribution is 2.44. The number of carboxylic acids is 1. The van der Waals surface area contributed by atoms with E-state index in [2.05, 4.69) is 35.5 Å². The van der Waals surface area contributed by atoms with Crippen LogP contribution in [0.1, 0.15) is 22.6 Å². The maximum absolute atomic E-state index is 12.3. The van der Waals surface area contributed by atoms with Crippen molar-refractivity contribution in [3.8, 4) is 23.0 Å². The molecular weight excluding hydrogens is 366 g/mol. The molecule has 0 unspecified atom stereocenters. The molecule has 5 nitrogen and oxygen atoms in total. The fourth-order valence-corrected chi connectivity index (χ4v) is 3.55. The van der Waals surface area contributed by atoms with Crippen molar-refractivity contribution in [2.75, 3.05) is 11.9 Å². The molecule has 0 fully saturated rings. The molecule has 0 saturated heterocycles. The molecule has 2 N–H and O–H groups in total. The number of hydrogen-bond donors (Lipinski definition) is 2. The number of carbonyl (C=O) groups excluding carboxylic acids is 1. The number of rotatable bonds is 3. The second-order valence-corrected chi connectivity index (χ2v) is 6.59. The molecule has 5 heteroatoms. The summed E-state index contributed by atoms with van der Waals surface area (Å²) in [5.74, 6) is 3.34. The van der Waals surface area contributed by atoms with Crippen molar-refractivity contribution in [1.82, 2.24) is 0 Å². The minimum absolute atomic E-state index is 0.0130. The maximum atomic E-state index is 12.3. The zero-order valence-electron chi connectivity index (χ0n) is 15.4. The average molecular weight is 383 g/mol. The van der Waals surface area contributed by atoms with Gasteiger partial charge in [0.1, 0.15) is 6.61 Å². The molecule has 29 heavy (non-hydrogen) atoms. The van der Waals surface area contributed by atoms with Crippen LogP contribution in [0.5, 0.6) is 0 Å². The number of amides is 1. The molecule has 0 heterocycles. The van der Waals surface area contributed by atoms with E-state index in [4.69, 9.17) is 9.84 Å². The second kappa shape index (κ2) is 7.91. The Morgan fingerprint density at radius 3 is 2.24 bits per heavy atom. The molecule has 0 spiro atoms. The van der Waals surface area contributed by atoms with Gasteiger partial charge in [0.2, 0.25) is 0 Å². The molecule has 0 radical (unpaired) electrons. The van der Waals surface area contributed by atoms with Crippen molar-refractivity contribution in [2.45, 2.75) is 5.92 Å². The molecule has 4 rings (SSSR count). The lowest BCUT2D eigenvalue weighted by Gasteiger charge is -2.14. The predicted molar refractivity (Wildman–Crippen MR) is 110 cm³/mol. The first kappa shape index (κ1) is 18.3. The SMILES string of the molecule is O=C(O)C#Cc1cccc(NC(=O)OCC2c3ccccc3-c3ccccc32)c1. The van der Waals surface area contributed by atoms with Crippen molar-refractivity contribution in [1.29, 1.82) is 0 Å². The summed E-state index contributed by atoms with van der Waals surface area (Å²) < 4.78 is 5.50. The number of nitrogens with one attached hydrogen (secondary N) is 1. The van der Waals surface area contributed by atoms with Gasteiger partial charge in [0.05, 0.1) is 0 Å². The molecule has 0 aromatic heterocycles. The number of fused-ring (bicyclic) bond motifs is 3. The monoisotopic (exact) mass is 383 g/mol. The fourth-order valence-electron chi connectivity index (χ4n) is 3.55. The number of benzene rings is 3. The summed E-state index contributed by atoms with van der Waals surface area (Å²) in [7, 11) is 0. The van der Waals surface area contributed by atoms with Crippen LogP contribution < -0.4 is 5.32 Å². The van der Waals surface area contributed by atoms with E-state index in [1.807, 2.05) is 30.2 Å². The summed E-state index contributed by atoms with van der Waals surface area (Å²) in [6.07, 6.45) is -0.574. The average Bonchev–Trinajstić information content (AvgIpc) is 3.05. The van der Waals surface area contributed by atoms with E-state index >= 15 is 0 Å². The highest BCUT2D eigenvalue weighted by molar-refractivity contribution is 5.88. The lowest BCUT2D eigenvalue weighted by atomic mass is 9.98. The Morgan fingerprint density at radius 1 is 0.931 bits per heavy atom. The molecule has 1 amide bonds. The molecule has 1 aliphatic rings. The first-order chi connectivity index (χ1) is 14.1. The zero-order chi connectivity index (χ0) is 20.2. The normalized spacial score (nSPS) is 11.6. The number of ether oxygens (including phenoxy) is 1. The molecule has 3 aromatic carbocycles. The molecular formula is C24H17NO4. The van der Waals surface area contributed by atoms with E-state index < -0.39 is 12.1 Å². The minimum atomic E-state index is -1.21. The molecule has 0 aliphatic heterocycles. The van der Waals surface area contributed by atoms with Gasteiger partial charge in [-0.25, -0.2) is 9.59 Å². The van der Waals surface area contributed by atoms with E-state index in [-0.39, 0.29) is 12.5 Å². The van der Waals surface area contributed by atoms with E-state index in [1.54, 1.807) is 24.3 Å². The van der Waals surface area contributed by atoms with Crippen LogP contribution in [0.25, 0.3) is 11.1 Å². The summed E-state index contributed by atoms with van der Waals surface area (Å²) in [6, 6.07) is 22.9. The van der Waals surface area contributed by atoms with Crippen LogP contribution in [0.15, 0.2) is 72.8 Å². The van der Waals surface area contributed by atoms with E-state index in [1.165, 1.54) is 11.1 Å². The van der Waals surface area contributed by atoms with Gasteiger partial charge in [-0.1, -0.05) is 60.5 Å². The number of hydrogen-bond acceptors (Lipinski definition) is 3. The van der Waals surface area contributed by atoms with Crippen LogP contribution in [-0.4, -0.2) is 23.8 Å². The lowest BCUT2D eigenvalue weighted by Crippen LogP contribution is -2.17. The highest BCUT2D eigenvalue weighted by Gasteiger charge is 2.28. The molecule has 1 aliphatic carbocycles. The summed E-state index contributed by atoms with van der Waals surface area (Å²) in [5, 5.41) is 11.3. The largest absolute Gasteiger partial charge is 0.472 e. The Bertz CT molecular complexity index is 1110. The molecule has 142 valence electrons. The van der Waals surface area contributed by atoms with Gasteiger partial charge < -0.3 is 9.84 Å². The van der Waals surface area contributed by atoms with Gasteiger partial charge in [-0.15, -0.1) is 0 Å². The van der Waals surface area contributed by atoms with Crippen LogP contribution in [0.4, 0.5) is 10.5 Å². The van der Waals surface area contributed by atoms with Crippen LogP contribution in [0.2, 0.25) is 0 Å². The van der Waals surface area contributed by atoms with Crippen molar-refractivity contribution in [3.63, 3.8) is 0 Å². The van der Waals surface area contributed by atoms with Gasteiger partial charge in [-0.3, -0.25) is 5.32 Å². The smallest absolute Gasteiger partial charge is 0.411 e. The summed E-state index contributed by atoms with van der Waals surface area (Å²) in [4.78, 5) is 22.9. The third kappa shape index (κ3) is 3.97. The number of carbonyl (C=O) groups is 2. The van der Waals surface area contributed by atoms with Gasteiger partial charge in [0.15, 0.2) is 0 Å². The topological polar surface area (TPSA) is 75.6 Å². The van der Waals surface area contributed by atoms with Gasteiger partial charge >= 0.3 is 12.1 Å².